The van der Waals surface area contributed by atoms with Gasteiger partial charge in [0.15, 0.2) is 0 Å². The van der Waals surface area contributed by atoms with Gasteiger partial charge in [0, 0.05) is 57.3 Å². The number of amides is 1. The number of likely N-dealkylation sites (tertiary alicyclic amines) is 1. The highest BCUT2D eigenvalue weighted by molar-refractivity contribution is 5.77. The molecule has 0 saturated carbocycles. The summed E-state index contributed by atoms with van der Waals surface area (Å²) < 4.78 is 2.01. The van der Waals surface area contributed by atoms with E-state index in [-0.39, 0.29) is 11.9 Å². The zero-order valence-electron chi connectivity index (χ0n) is 14.8. The van der Waals surface area contributed by atoms with Gasteiger partial charge in [-0.15, -0.1) is 0 Å². The molecule has 0 unspecified atom stereocenters. The highest BCUT2D eigenvalue weighted by Crippen LogP contribution is 2.34. The third-order valence-corrected chi connectivity index (χ3v) is 5.10. The minimum absolute atomic E-state index is 0.0188. The number of rotatable bonds is 5. The van der Waals surface area contributed by atoms with E-state index in [1.165, 1.54) is 5.56 Å². The Balaban J connectivity index is 1.71. The number of nitrogens with zero attached hydrogens (tertiary/aromatic N) is 4. The molecule has 1 aliphatic heterocycles. The number of carbonyl (C=O) groups excluding carboxylic acids is 1. The number of H-pyrrole nitrogens is 1. The number of aryl methyl sites for hydroxylation is 3. The monoisotopic (exact) mass is 330 g/mol. The second kappa shape index (κ2) is 6.76. The van der Waals surface area contributed by atoms with E-state index >= 15 is 0 Å². The number of aromatic amines is 1. The van der Waals surface area contributed by atoms with Crippen LogP contribution in [0.5, 0.6) is 0 Å². The van der Waals surface area contributed by atoms with E-state index in [1.807, 2.05) is 43.6 Å². The molecule has 1 fully saturated rings. The van der Waals surface area contributed by atoms with Crippen LogP contribution in [0.25, 0.3) is 0 Å². The average molecular weight is 330 g/mol. The third-order valence-electron chi connectivity index (χ3n) is 5.10. The van der Waals surface area contributed by atoms with Crippen LogP contribution in [-0.2, 0) is 18.4 Å². The van der Waals surface area contributed by atoms with Gasteiger partial charge in [0.05, 0.1) is 11.7 Å². The molecule has 3 heterocycles. The van der Waals surface area contributed by atoms with Crippen LogP contribution in [0.15, 0.2) is 12.4 Å². The highest BCUT2D eigenvalue weighted by Gasteiger charge is 2.36. The second-order valence-electron chi connectivity index (χ2n) is 6.69. The van der Waals surface area contributed by atoms with Gasteiger partial charge in [-0.25, -0.2) is 4.98 Å². The van der Waals surface area contributed by atoms with Crippen molar-refractivity contribution in [2.75, 3.05) is 13.6 Å². The molecule has 0 spiro atoms. The number of carbonyl (C=O) groups is 1. The van der Waals surface area contributed by atoms with Gasteiger partial charge in [-0.1, -0.05) is 0 Å². The summed E-state index contributed by atoms with van der Waals surface area (Å²) in [7, 11) is 3.87. The van der Waals surface area contributed by atoms with E-state index in [9.17, 15) is 4.79 Å². The van der Waals surface area contributed by atoms with Gasteiger partial charge >= 0.3 is 0 Å². The SMILES string of the molecule is Cc1n[nH]c(C)c1CNC[C@H]1CCC(=O)N(C)[C@@H]1c1nccn1C. The smallest absolute Gasteiger partial charge is 0.222 e. The first-order valence-electron chi connectivity index (χ1n) is 8.43. The Morgan fingerprint density at radius 1 is 1.38 bits per heavy atom. The lowest BCUT2D eigenvalue weighted by atomic mass is 9.88. The van der Waals surface area contributed by atoms with E-state index < -0.39 is 0 Å². The quantitative estimate of drug-likeness (QED) is 0.870. The van der Waals surface area contributed by atoms with Crippen molar-refractivity contribution in [3.05, 3.63) is 35.2 Å². The Hall–Kier alpha value is -2.15. The molecule has 3 rings (SSSR count). The number of hydrogen-bond acceptors (Lipinski definition) is 4. The van der Waals surface area contributed by atoms with Crippen molar-refractivity contribution in [1.82, 2.24) is 30.0 Å². The standard InChI is InChI=1S/C17H26N6O/c1-11-14(12(2)21-20-11)10-18-9-13-5-6-15(24)23(4)16(13)17-19-7-8-22(17)3/h7-8,13,16,18H,5-6,9-10H2,1-4H3,(H,20,21)/t13-,16+/m1/s1. The lowest BCUT2D eigenvalue weighted by Gasteiger charge is -2.38. The maximum Gasteiger partial charge on any atom is 0.222 e. The average Bonchev–Trinajstić information content (AvgIpc) is 3.11. The molecule has 2 N–H and O–H groups in total. The van der Waals surface area contributed by atoms with Crippen LogP contribution in [0, 0.1) is 19.8 Å². The summed E-state index contributed by atoms with van der Waals surface area (Å²) in [5, 5.41) is 10.8. The van der Waals surface area contributed by atoms with Crippen LogP contribution in [0.2, 0.25) is 0 Å². The van der Waals surface area contributed by atoms with Gasteiger partial charge in [0.2, 0.25) is 5.91 Å². The summed E-state index contributed by atoms with van der Waals surface area (Å²) in [4.78, 5) is 18.5. The van der Waals surface area contributed by atoms with Crippen molar-refractivity contribution in [2.45, 2.75) is 39.3 Å². The Morgan fingerprint density at radius 2 is 2.17 bits per heavy atom. The molecule has 1 saturated heterocycles. The molecular weight excluding hydrogens is 304 g/mol. The van der Waals surface area contributed by atoms with E-state index in [2.05, 4.69) is 20.5 Å². The van der Waals surface area contributed by atoms with E-state index in [4.69, 9.17) is 0 Å². The fourth-order valence-electron chi connectivity index (χ4n) is 3.59. The summed E-state index contributed by atoms with van der Waals surface area (Å²) in [5.74, 6) is 1.50. The molecule has 0 bridgehead atoms. The zero-order chi connectivity index (χ0) is 17.3. The van der Waals surface area contributed by atoms with Crippen molar-refractivity contribution in [2.24, 2.45) is 13.0 Å². The summed E-state index contributed by atoms with van der Waals surface area (Å²) >= 11 is 0. The van der Waals surface area contributed by atoms with Gasteiger partial charge < -0.3 is 14.8 Å². The normalized spacial score (nSPS) is 21.5. The van der Waals surface area contributed by atoms with Crippen LogP contribution in [0.4, 0.5) is 0 Å². The maximum absolute atomic E-state index is 12.2. The number of aromatic nitrogens is 4. The molecule has 0 aliphatic carbocycles. The molecule has 0 aromatic carbocycles. The lowest BCUT2D eigenvalue weighted by Crippen LogP contribution is -2.44. The Kier molecular flexibility index (Phi) is 4.71. The zero-order valence-corrected chi connectivity index (χ0v) is 14.8. The molecule has 24 heavy (non-hydrogen) atoms. The minimum Gasteiger partial charge on any atom is -0.336 e. The lowest BCUT2D eigenvalue weighted by molar-refractivity contribution is -0.137. The summed E-state index contributed by atoms with van der Waals surface area (Å²) in [5.41, 5.74) is 3.37. The predicted molar refractivity (Wildman–Crippen MR) is 91.2 cm³/mol. The fraction of sp³-hybridized carbons (Fsp3) is 0.588. The van der Waals surface area contributed by atoms with Gasteiger partial charge in [-0.2, -0.15) is 5.10 Å². The molecule has 7 nitrogen and oxygen atoms in total. The summed E-state index contributed by atoms with van der Waals surface area (Å²) in [6.07, 6.45) is 5.22. The van der Waals surface area contributed by atoms with Gasteiger partial charge in [-0.3, -0.25) is 9.89 Å². The molecule has 130 valence electrons. The van der Waals surface area contributed by atoms with Gasteiger partial charge in [0.25, 0.3) is 0 Å². The van der Waals surface area contributed by atoms with Crippen molar-refractivity contribution in [3.8, 4) is 0 Å². The van der Waals surface area contributed by atoms with E-state index in [0.717, 1.165) is 36.7 Å². The molecule has 7 heteroatoms. The second-order valence-corrected chi connectivity index (χ2v) is 6.69. The van der Waals surface area contributed by atoms with Crippen LogP contribution in [0.3, 0.4) is 0 Å². The Bertz CT molecular complexity index is 699. The summed E-state index contributed by atoms with van der Waals surface area (Å²) in [6, 6.07) is 0.0188. The molecule has 1 amide bonds. The number of nitrogens with one attached hydrogen (secondary N) is 2. The molecule has 1 aliphatic rings. The predicted octanol–water partition coefficient (Wildman–Crippen LogP) is 1.46. The van der Waals surface area contributed by atoms with E-state index in [0.29, 0.717) is 12.3 Å². The largest absolute Gasteiger partial charge is 0.336 e. The molecule has 0 radical (unpaired) electrons. The van der Waals surface area contributed by atoms with Crippen LogP contribution in [0.1, 0.15) is 41.7 Å². The molecule has 2 aromatic rings. The first kappa shape index (κ1) is 16.7. The minimum atomic E-state index is 0.0188. The van der Waals surface area contributed by atoms with Crippen LogP contribution in [-0.4, -0.2) is 44.1 Å². The van der Waals surface area contributed by atoms with Crippen LogP contribution < -0.4 is 5.32 Å². The number of hydrogen-bond donors (Lipinski definition) is 2. The molecule has 2 atom stereocenters. The third kappa shape index (κ3) is 3.08. The van der Waals surface area contributed by atoms with Crippen molar-refractivity contribution < 1.29 is 4.79 Å². The van der Waals surface area contributed by atoms with Crippen molar-refractivity contribution in [3.63, 3.8) is 0 Å². The van der Waals surface area contributed by atoms with E-state index in [1.54, 1.807) is 6.20 Å². The number of piperidine rings is 1. The first-order valence-corrected chi connectivity index (χ1v) is 8.43. The van der Waals surface area contributed by atoms with Crippen LogP contribution >= 0.6 is 0 Å². The van der Waals surface area contributed by atoms with Gasteiger partial charge in [0.1, 0.15) is 5.82 Å². The first-order chi connectivity index (χ1) is 11.5. The topological polar surface area (TPSA) is 78.8 Å². The highest BCUT2D eigenvalue weighted by atomic mass is 16.2. The van der Waals surface area contributed by atoms with Crippen molar-refractivity contribution >= 4 is 5.91 Å². The Morgan fingerprint density at radius 3 is 2.79 bits per heavy atom. The number of imidazole rings is 1. The summed E-state index contributed by atoms with van der Waals surface area (Å²) in [6.45, 7) is 5.69. The molecule has 2 aromatic heterocycles. The van der Waals surface area contributed by atoms with Gasteiger partial charge in [-0.05, 0) is 26.2 Å². The fourth-order valence-corrected chi connectivity index (χ4v) is 3.59. The maximum atomic E-state index is 12.2. The Labute approximate surface area is 142 Å². The van der Waals surface area contributed by atoms with Crippen molar-refractivity contribution in [1.29, 1.82) is 0 Å². The molecular formula is C17H26N6O.